The molecule has 0 saturated carbocycles. The first-order valence-corrected chi connectivity index (χ1v) is 7.50. The Morgan fingerprint density at radius 3 is 2.38 bits per heavy atom. The van der Waals surface area contributed by atoms with Gasteiger partial charge in [-0.05, 0) is 41.8 Å². The van der Waals surface area contributed by atoms with Gasteiger partial charge in [-0.1, -0.05) is 18.2 Å². The van der Waals surface area contributed by atoms with Crippen molar-refractivity contribution in [2.75, 3.05) is 20.8 Å². The minimum Gasteiger partial charge on any atom is -0.508 e. The molecule has 0 spiro atoms. The van der Waals surface area contributed by atoms with Crippen molar-refractivity contribution in [1.29, 1.82) is 0 Å². The topological polar surface area (TPSA) is 88.0 Å². The summed E-state index contributed by atoms with van der Waals surface area (Å²) in [5, 5.41) is 21.9. The van der Waals surface area contributed by atoms with Gasteiger partial charge in [0.05, 0.1) is 14.2 Å². The predicted octanol–water partition coefficient (Wildman–Crippen LogP) is 1.80. The van der Waals surface area contributed by atoms with E-state index >= 15 is 0 Å². The zero-order chi connectivity index (χ0) is 17.5. The van der Waals surface area contributed by atoms with Crippen molar-refractivity contribution < 1.29 is 24.5 Å². The first-order chi connectivity index (χ1) is 11.5. The molecule has 0 radical (unpaired) electrons. The number of ether oxygens (including phenoxy) is 2. The van der Waals surface area contributed by atoms with Gasteiger partial charge in [0.15, 0.2) is 17.6 Å². The van der Waals surface area contributed by atoms with E-state index < -0.39 is 12.0 Å². The molecule has 0 aliphatic heterocycles. The molecular formula is C18H21NO5. The van der Waals surface area contributed by atoms with Gasteiger partial charge in [-0.3, -0.25) is 4.79 Å². The van der Waals surface area contributed by atoms with Crippen LogP contribution in [0.4, 0.5) is 0 Å². The molecule has 6 nitrogen and oxygen atoms in total. The van der Waals surface area contributed by atoms with Gasteiger partial charge < -0.3 is 25.0 Å². The normalized spacial score (nSPS) is 11.6. The van der Waals surface area contributed by atoms with E-state index in [0.717, 1.165) is 5.56 Å². The maximum atomic E-state index is 12.0. The Balaban J connectivity index is 1.89. The third-order valence-electron chi connectivity index (χ3n) is 3.62. The number of phenolic OH excluding ortho intramolecular Hbond substituents is 1. The molecule has 0 unspecified atom stereocenters. The van der Waals surface area contributed by atoms with Crippen LogP contribution >= 0.6 is 0 Å². The maximum Gasteiger partial charge on any atom is 0.253 e. The van der Waals surface area contributed by atoms with Gasteiger partial charge in [-0.2, -0.15) is 0 Å². The van der Waals surface area contributed by atoms with Crippen molar-refractivity contribution in [3.63, 3.8) is 0 Å². The molecule has 0 fully saturated rings. The molecule has 128 valence electrons. The second-order valence-electron chi connectivity index (χ2n) is 5.22. The highest BCUT2D eigenvalue weighted by Crippen LogP contribution is 2.27. The molecule has 1 atom stereocenters. The zero-order valence-corrected chi connectivity index (χ0v) is 13.7. The average Bonchev–Trinajstić information content (AvgIpc) is 2.61. The highest BCUT2D eigenvalue weighted by atomic mass is 16.5. The van der Waals surface area contributed by atoms with Gasteiger partial charge in [-0.25, -0.2) is 0 Å². The number of phenols is 1. The van der Waals surface area contributed by atoms with Crippen LogP contribution in [0.1, 0.15) is 17.2 Å². The second kappa shape index (κ2) is 8.21. The van der Waals surface area contributed by atoms with Crippen molar-refractivity contribution in [2.24, 2.45) is 0 Å². The molecule has 0 bridgehead atoms. The maximum absolute atomic E-state index is 12.0. The lowest BCUT2D eigenvalue weighted by atomic mass is 10.1. The minimum atomic E-state index is -1.27. The van der Waals surface area contributed by atoms with Gasteiger partial charge in [0.2, 0.25) is 0 Å². The molecule has 0 aromatic heterocycles. The number of hydrogen-bond donors (Lipinski definition) is 3. The molecule has 24 heavy (non-hydrogen) atoms. The van der Waals surface area contributed by atoms with Crippen LogP contribution in [0.3, 0.4) is 0 Å². The van der Waals surface area contributed by atoms with Crippen molar-refractivity contribution >= 4 is 5.91 Å². The number of hydrogen-bond acceptors (Lipinski definition) is 5. The van der Waals surface area contributed by atoms with Crippen molar-refractivity contribution in [1.82, 2.24) is 5.32 Å². The van der Waals surface area contributed by atoms with Crippen molar-refractivity contribution in [3.8, 4) is 17.2 Å². The number of benzene rings is 2. The lowest BCUT2D eigenvalue weighted by molar-refractivity contribution is -0.129. The fraction of sp³-hybridized carbons (Fsp3) is 0.278. The summed E-state index contributed by atoms with van der Waals surface area (Å²) in [5.74, 6) is 0.875. The van der Waals surface area contributed by atoms with Gasteiger partial charge in [0.25, 0.3) is 5.91 Å². The quantitative estimate of drug-likeness (QED) is 0.720. The van der Waals surface area contributed by atoms with Crippen LogP contribution in [0.15, 0.2) is 42.5 Å². The predicted molar refractivity (Wildman–Crippen MR) is 89.3 cm³/mol. The highest BCUT2D eigenvalue weighted by molar-refractivity contribution is 5.81. The zero-order valence-electron chi connectivity index (χ0n) is 13.7. The average molecular weight is 331 g/mol. The standard InChI is InChI=1S/C18H21NO5/c1-23-15-8-3-12(11-16(15)24-2)9-10-19-18(22)17(21)13-4-6-14(20)7-5-13/h3-8,11,17,20-21H,9-10H2,1-2H3,(H,19,22)/t17-/m1/s1. The number of rotatable bonds is 7. The van der Waals surface area contributed by atoms with Gasteiger partial charge in [0, 0.05) is 6.54 Å². The van der Waals surface area contributed by atoms with E-state index in [2.05, 4.69) is 5.32 Å². The van der Waals surface area contributed by atoms with E-state index in [4.69, 9.17) is 9.47 Å². The number of carbonyl (C=O) groups excluding carboxylic acids is 1. The monoisotopic (exact) mass is 331 g/mol. The first-order valence-electron chi connectivity index (χ1n) is 7.50. The summed E-state index contributed by atoms with van der Waals surface area (Å²) < 4.78 is 10.4. The molecular weight excluding hydrogens is 310 g/mol. The summed E-state index contributed by atoms with van der Waals surface area (Å²) in [7, 11) is 3.14. The number of aromatic hydroxyl groups is 1. The number of methoxy groups -OCH3 is 2. The third kappa shape index (κ3) is 4.39. The van der Waals surface area contributed by atoms with Crippen LogP contribution in [0.5, 0.6) is 17.2 Å². The Labute approximate surface area is 140 Å². The van der Waals surface area contributed by atoms with E-state index in [9.17, 15) is 15.0 Å². The Morgan fingerprint density at radius 1 is 1.08 bits per heavy atom. The van der Waals surface area contributed by atoms with Crippen LogP contribution in [-0.4, -0.2) is 36.9 Å². The summed E-state index contributed by atoms with van der Waals surface area (Å²) in [6.45, 7) is 0.378. The van der Waals surface area contributed by atoms with E-state index in [1.165, 1.54) is 24.3 Å². The molecule has 0 heterocycles. The molecule has 6 heteroatoms. The summed E-state index contributed by atoms with van der Waals surface area (Å²) >= 11 is 0. The lowest BCUT2D eigenvalue weighted by Crippen LogP contribution is -2.30. The fourth-order valence-electron chi connectivity index (χ4n) is 2.27. The number of carbonyl (C=O) groups is 1. The van der Waals surface area contributed by atoms with Crippen LogP contribution in [0.25, 0.3) is 0 Å². The Hall–Kier alpha value is -2.73. The molecule has 0 aliphatic rings. The van der Waals surface area contributed by atoms with Gasteiger partial charge in [-0.15, -0.1) is 0 Å². The van der Waals surface area contributed by atoms with E-state index in [0.29, 0.717) is 30.0 Å². The summed E-state index contributed by atoms with van der Waals surface area (Å²) in [5.41, 5.74) is 1.41. The largest absolute Gasteiger partial charge is 0.508 e. The Bertz CT molecular complexity index is 684. The number of aliphatic hydroxyl groups excluding tert-OH is 1. The highest BCUT2D eigenvalue weighted by Gasteiger charge is 2.16. The van der Waals surface area contributed by atoms with Crippen LogP contribution in [-0.2, 0) is 11.2 Å². The van der Waals surface area contributed by atoms with Crippen LogP contribution < -0.4 is 14.8 Å². The van der Waals surface area contributed by atoms with E-state index in [1.807, 2.05) is 12.1 Å². The Kier molecular flexibility index (Phi) is 6.03. The summed E-state index contributed by atoms with van der Waals surface area (Å²) in [6.07, 6.45) is -0.676. The molecule has 3 N–H and O–H groups in total. The molecule has 2 aromatic carbocycles. The molecule has 0 saturated heterocycles. The number of amides is 1. The molecule has 2 rings (SSSR count). The number of nitrogens with one attached hydrogen (secondary N) is 1. The molecule has 1 amide bonds. The smallest absolute Gasteiger partial charge is 0.253 e. The number of aliphatic hydroxyl groups is 1. The van der Waals surface area contributed by atoms with E-state index in [1.54, 1.807) is 20.3 Å². The van der Waals surface area contributed by atoms with Crippen molar-refractivity contribution in [2.45, 2.75) is 12.5 Å². The third-order valence-corrected chi connectivity index (χ3v) is 3.62. The fourth-order valence-corrected chi connectivity index (χ4v) is 2.27. The van der Waals surface area contributed by atoms with Crippen molar-refractivity contribution in [3.05, 3.63) is 53.6 Å². The van der Waals surface area contributed by atoms with Gasteiger partial charge >= 0.3 is 0 Å². The first kappa shape index (κ1) is 17.6. The second-order valence-corrected chi connectivity index (χ2v) is 5.22. The van der Waals surface area contributed by atoms with Gasteiger partial charge in [0.1, 0.15) is 5.75 Å². The van der Waals surface area contributed by atoms with E-state index in [-0.39, 0.29) is 5.75 Å². The van der Waals surface area contributed by atoms with Crippen LogP contribution in [0.2, 0.25) is 0 Å². The van der Waals surface area contributed by atoms with Crippen LogP contribution in [0, 0.1) is 0 Å². The summed E-state index contributed by atoms with van der Waals surface area (Å²) in [4.78, 5) is 12.0. The Morgan fingerprint density at radius 2 is 1.75 bits per heavy atom. The minimum absolute atomic E-state index is 0.0832. The SMILES string of the molecule is COc1ccc(CCNC(=O)[C@H](O)c2ccc(O)cc2)cc1OC. The summed E-state index contributed by atoms with van der Waals surface area (Å²) in [6, 6.07) is 11.4. The molecule has 0 aliphatic carbocycles. The lowest BCUT2D eigenvalue weighted by Gasteiger charge is -2.13. The molecule has 2 aromatic rings.